The van der Waals surface area contributed by atoms with Gasteiger partial charge in [-0.05, 0) is 26.7 Å². The molecule has 0 saturated carbocycles. The zero-order chi connectivity index (χ0) is 11.3. The van der Waals surface area contributed by atoms with Crippen molar-refractivity contribution in [1.29, 1.82) is 5.26 Å². The van der Waals surface area contributed by atoms with Crippen molar-refractivity contribution in [2.75, 3.05) is 6.54 Å². The van der Waals surface area contributed by atoms with Gasteiger partial charge >= 0.3 is 0 Å². The van der Waals surface area contributed by atoms with E-state index in [0.29, 0.717) is 6.42 Å². The summed E-state index contributed by atoms with van der Waals surface area (Å²) in [6.07, 6.45) is 3.84. The van der Waals surface area contributed by atoms with Crippen molar-refractivity contribution >= 4 is 5.94 Å². The molecule has 0 N–H and O–H groups in total. The van der Waals surface area contributed by atoms with Gasteiger partial charge in [-0.2, -0.15) is 10.3 Å². The van der Waals surface area contributed by atoms with Crippen LogP contribution >= 0.6 is 0 Å². The SMILES string of the molecule is CC(C)(C=C=O)ON1CCC[C@@H]1CC#N. The standard InChI is InChI=1S/C11H16N2O2/c1-11(2,6-9-14)15-13-8-3-4-10(13)5-7-12/h6,10H,3-5,8H2,1-2H3/t10-/m1/s1. The van der Waals surface area contributed by atoms with Crippen LogP contribution in [0.3, 0.4) is 0 Å². The fourth-order valence-electron chi connectivity index (χ4n) is 1.71. The van der Waals surface area contributed by atoms with Crippen molar-refractivity contribution in [3.05, 3.63) is 6.08 Å². The van der Waals surface area contributed by atoms with Crippen molar-refractivity contribution in [2.24, 2.45) is 0 Å². The van der Waals surface area contributed by atoms with Gasteiger partial charge in [0.1, 0.15) is 11.5 Å². The molecule has 1 aliphatic rings. The van der Waals surface area contributed by atoms with E-state index < -0.39 is 5.60 Å². The van der Waals surface area contributed by atoms with Crippen molar-refractivity contribution in [3.8, 4) is 6.07 Å². The molecule has 0 aromatic heterocycles. The minimum absolute atomic E-state index is 0.161. The Morgan fingerprint density at radius 1 is 1.67 bits per heavy atom. The third-order valence-electron chi connectivity index (χ3n) is 2.41. The average molecular weight is 208 g/mol. The summed E-state index contributed by atoms with van der Waals surface area (Å²) in [5.74, 6) is 1.74. The van der Waals surface area contributed by atoms with Crippen LogP contribution in [0.2, 0.25) is 0 Å². The van der Waals surface area contributed by atoms with E-state index in [0.717, 1.165) is 19.4 Å². The number of rotatable bonds is 4. The molecule has 1 rings (SSSR count). The van der Waals surface area contributed by atoms with Crippen LogP contribution in [0.4, 0.5) is 0 Å². The number of hydrogen-bond acceptors (Lipinski definition) is 4. The molecule has 1 aliphatic heterocycles. The summed E-state index contributed by atoms with van der Waals surface area (Å²) in [5.41, 5.74) is -0.639. The molecule has 1 heterocycles. The Morgan fingerprint density at radius 3 is 3.00 bits per heavy atom. The van der Waals surface area contributed by atoms with E-state index in [4.69, 9.17) is 10.1 Å². The number of hydroxylamine groups is 2. The van der Waals surface area contributed by atoms with Crippen molar-refractivity contribution < 1.29 is 9.63 Å². The van der Waals surface area contributed by atoms with Crippen LogP contribution in [0.1, 0.15) is 33.1 Å². The first-order valence-electron chi connectivity index (χ1n) is 5.14. The minimum Gasteiger partial charge on any atom is -0.288 e. The summed E-state index contributed by atoms with van der Waals surface area (Å²) in [7, 11) is 0. The second-order valence-electron chi connectivity index (χ2n) is 4.26. The molecule has 0 aromatic carbocycles. The molecule has 0 bridgehead atoms. The number of hydrogen-bond donors (Lipinski definition) is 0. The molecule has 4 nitrogen and oxygen atoms in total. The average Bonchev–Trinajstić information content (AvgIpc) is 2.52. The predicted octanol–water partition coefficient (Wildman–Crippen LogP) is 1.46. The van der Waals surface area contributed by atoms with Crippen molar-refractivity contribution in [3.63, 3.8) is 0 Å². The summed E-state index contributed by atoms with van der Waals surface area (Å²) < 4.78 is 0. The van der Waals surface area contributed by atoms with E-state index in [9.17, 15) is 4.79 Å². The van der Waals surface area contributed by atoms with Crippen LogP contribution in [0.25, 0.3) is 0 Å². The molecule has 0 spiro atoms. The van der Waals surface area contributed by atoms with Gasteiger partial charge in [-0.1, -0.05) is 0 Å². The van der Waals surface area contributed by atoms with Crippen molar-refractivity contribution in [2.45, 2.75) is 44.8 Å². The van der Waals surface area contributed by atoms with Gasteiger partial charge < -0.3 is 0 Å². The highest BCUT2D eigenvalue weighted by Gasteiger charge is 2.30. The molecule has 0 unspecified atom stereocenters. The van der Waals surface area contributed by atoms with Gasteiger partial charge in [-0.3, -0.25) is 4.84 Å². The molecule has 0 radical (unpaired) electrons. The molecular weight excluding hydrogens is 192 g/mol. The van der Waals surface area contributed by atoms with E-state index in [1.54, 1.807) is 19.8 Å². The quantitative estimate of drug-likeness (QED) is 0.656. The fraction of sp³-hybridized carbons (Fsp3) is 0.727. The summed E-state index contributed by atoms with van der Waals surface area (Å²) in [4.78, 5) is 15.9. The normalized spacial score (nSPS) is 22.1. The number of carbonyl (C=O) groups excluding carboxylic acids is 1. The third-order valence-corrected chi connectivity index (χ3v) is 2.41. The van der Waals surface area contributed by atoms with Gasteiger partial charge in [-0.25, -0.2) is 4.79 Å². The van der Waals surface area contributed by atoms with Gasteiger partial charge in [0.15, 0.2) is 0 Å². The summed E-state index contributed by atoms with van der Waals surface area (Å²) in [6, 6.07) is 2.31. The lowest BCUT2D eigenvalue weighted by molar-refractivity contribution is -0.224. The molecule has 0 aromatic rings. The van der Waals surface area contributed by atoms with Crippen LogP contribution in [0.15, 0.2) is 6.08 Å². The highest BCUT2D eigenvalue weighted by molar-refractivity contribution is 5.47. The number of nitriles is 1. The molecule has 0 amide bonds. The molecule has 1 fully saturated rings. The lowest BCUT2D eigenvalue weighted by Crippen LogP contribution is -2.37. The van der Waals surface area contributed by atoms with Crippen LogP contribution in [0.5, 0.6) is 0 Å². The molecule has 15 heavy (non-hydrogen) atoms. The van der Waals surface area contributed by atoms with Crippen LogP contribution < -0.4 is 0 Å². The van der Waals surface area contributed by atoms with E-state index in [-0.39, 0.29) is 6.04 Å². The van der Waals surface area contributed by atoms with Crippen LogP contribution in [-0.4, -0.2) is 29.2 Å². The summed E-state index contributed by atoms with van der Waals surface area (Å²) in [5, 5.41) is 10.5. The van der Waals surface area contributed by atoms with Crippen LogP contribution in [0, 0.1) is 11.3 Å². The van der Waals surface area contributed by atoms with Gasteiger partial charge in [0, 0.05) is 18.7 Å². The third kappa shape index (κ3) is 3.49. The van der Waals surface area contributed by atoms with Gasteiger partial charge in [0.25, 0.3) is 0 Å². The molecule has 1 saturated heterocycles. The summed E-state index contributed by atoms with van der Waals surface area (Å²) in [6.45, 7) is 4.43. The van der Waals surface area contributed by atoms with E-state index in [1.165, 1.54) is 6.08 Å². The topological polar surface area (TPSA) is 53.3 Å². The van der Waals surface area contributed by atoms with E-state index in [1.807, 2.05) is 5.06 Å². The smallest absolute Gasteiger partial charge is 0.123 e. The van der Waals surface area contributed by atoms with Gasteiger partial charge in [0.05, 0.1) is 12.5 Å². The molecule has 1 atom stereocenters. The fourth-order valence-corrected chi connectivity index (χ4v) is 1.71. The Balaban J connectivity index is 2.57. The highest BCUT2D eigenvalue weighted by atomic mass is 16.7. The monoisotopic (exact) mass is 208 g/mol. The maximum Gasteiger partial charge on any atom is 0.123 e. The van der Waals surface area contributed by atoms with E-state index in [2.05, 4.69) is 6.07 Å². The second-order valence-corrected chi connectivity index (χ2v) is 4.26. The zero-order valence-corrected chi connectivity index (χ0v) is 9.19. The zero-order valence-electron chi connectivity index (χ0n) is 9.19. The van der Waals surface area contributed by atoms with Crippen molar-refractivity contribution in [1.82, 2.24) is 5.06 Å². The van der Waals surface area contributed by atoms with Crippen LogP contribution in [-0.2, 0) is 9.63 Å². The maximum atomic E-state index is 10.3. The predicted molar refractivity (Wildman–Crippen MR) is 55.4 cm³/mol. The summed E-state index contributed by atoms with van der Waals surface area (Å²) >= 11 is 0. The molecular formula is C11H16N2O2. The molecule has 0 aliphatic carbocycles. The maximum absolute atomic E-state index is 10.3. The molecule has 4 heteroatoms. The Kier molecular flexibility index (Phi) is 4.05. The minimum atomic E-state index is -0.639. The number of nitrogens with zero attached hydrogens (tertiary/aromatic N) is 2. The Morgan fingerprint density at radius 2 is 2.40 bits per heavy atom. The first kappa shape index (κ1) is 11.9. The lowest BCUT2D eigenvalue weighted by Gasteiger charge is -2.30. The molecule has 82 valence electrons. The Labute approximate surface area is 90.1 Å². The largest absolute Gasteiger partial charge is 0.288 e. The van der Waals surface area contributed by atoms with E-state index >= 15 is 0 Å². The second kappa shape index (κ2) is 5.09. The first-order chi connectivity index (χ1) is 7.09. The first-order valence-corrected chi connectivity index (χ1v) is 5.14. The Bertz CT molecular complexity index is 300. The lowest BCUT2D eigenvalue weighted by atomic mass is 10.1. The Hall–Kier alpha value is -1.14. The highest BCUT2D eigenvalue weighted by Crippen LogP contribution is 2.24. The van der Waals surface area contributed by atoms with Gasteiger partial charge in [-0.15, -0.1) is 0 Å². The van der Waals surface area contributed by atoms with Gasteiger partial charge in [0.2, 0.25) is 0 Å².